The lowest BCUT2D eigenvalue weighted by molar-refractivity contribution is 0.0952. The molecule has 0 saturated carbocycles. The molecule has 8 heteroatoms. The maximum absolute atomic E-state index is 12.0. The Kier molecular flexibility index (Phi) is 5.35. The largest absolute Gasteiger partial charge is 0.355 e. The van der Waals surface area contributed by atoms with Gasteiger partial charge in [-0.15, -0.1) is 0 Å². The molecule has 1 aliphatic heterocycles. The quantitative estimate of drug-likeness (QED) is 0.684. The summed E-state index contributed by atoms with van der Waals surface area (Å²) in [5.74, 6) is 0.789. The average Bonchev–Trinajstić information content (AvgIpc) is 3.22. The van der Waals surface area contributed by atoms with E-state index in [0.717, 1.165) is 53.3 Å². The van der Waals surface area contributed by atoms with Gasteiger partial charge in [0.2, 0.25) is 5.82 Å². The molecule has 1 saturated heterocycles. The first-order valence-electron chi connectivity index (χ1n) is 9.81. The van der Waals surface area contributed by atoms with Crippen LogP contribution in [0.5, 0.6) is 0 Å². The van der Waals surface area contributed by atoms with Gasteiger partial charge in [-0.2, -0.15) is 0 Å². The number of hydrogen-bond donors (Lipinski definition) is 2. The number of fused-ring (bicyclic) bond motifs is 1. The number of amides is 1. The highest BCUT2D eigenvalue weighted by Crippen LogP contribution is 2.24. The normalized spacial score (nSPS) is 16.4. The maximum Gasteiger partial charge on any atom is 0.288 e. The number of benzene rings is 1. The lowest BCUT2D eigenvalue weighted by atomic mass is 10.2. The van der Waals surface area contributed by atoms with Gasteiger partial charge in [-0.1, -0.05) is 12.1 Å². The monoisotopic (exact) mass is 391 g/mol. The lowest BCUT2D eigenvalue weighted by Gasteiger charge is -2.21. The minimum atomic E-state index is -0.266. The summed E-state index contributed by atoms with van der Waals surface area (Å²) in [6, 6.07) is 8.21. The Hall–Kier alpha value is -3.13. The van der Waals surface area contributed by atoms with Crippen LogP contribution in [0.3, 0.4) is 0 Å². The van der Waals surface area contributed by atoms with Gasteiger partial charge in [0, 0.05) is 44.0 Å². The molecule has 29 heavy (non-hydrogen) atoms. The molecule has 3 heterocycles. The van der Waals surface area contributed by atoms with Crippen molar-refractivity contribution in [1.82, 2.24) is 30.6 Å². The van der Waals surface area contributed by atoms with Crippen molar-refractivity contribution in [3.8, 4) is 0 Å². The number of carbonyl (C=O) groups excluding carboxylic acids is 1. The molecule has 1 aromatic carbocycles. The first kappa shape index (κ1) is 19.2. The van der Waals surface area contributed by atoms with E-state index >= 15 is 0 Å². The molecule has 4 rings (SSSR count). The fourth-order valence-electron chi connectivity index (χ4n) is 3.58. The van der Waals surface area contributed by atoms with Gasteiger partial charge >= 0.3 is 0 Å². The zero-order valence-corrected chi connectivity index (χ0v) is 16.9. The smallest absolute Gasteiger partial charge is 0.288 e. The van der Waals surface area contributed by atoms with E-state index in [2.05, 4.69) is 35.5 Å². The van der Waals surface area contributed by atoms with Crippen molar-refractivity contribution < 1.29 is 4.79 Å². The third-order valence-electron chi connectivity index (χ3n) is 5.35. The molecule has 0 bridgehead atoms. The number of rotatable bonds is 5. The van der Waals surface area contributed by atoms with Gasteiger partial charge in [0.1, 0.15) is 5.82 Å². The third-order valence-corrected chi connectivity index (χ3v) is 5.35. The van der Waals surface area contributed by atoms with E-state index in [-0.39, 0.29) is 11.7 Å². The van der Waals surface area contributed by atoms with Crippen molar-refractivity contribution in [3.05, 3.63) is 53.2 Å². The van der Waals surface area contributed by atoms with E-state index in [1.165, 1.54) is 0 Å². The third kappa shape index (κ3) is 4.02. The van der Waals surface area contributed by atoms with Crippen molar-refractivity contribution in [2.75, 3.05) is 25.0 Å². The Bertz CT molecular complexity index is 1050. The Balaban J connectivity index is 1.43. The first-order chi connectivity index (χ1) is 14.0. The van der Waals surface area contributed by atoms with Crippen molar-refractivity contribution in [2.45, 2.75) is 32.9 Å². The molecule has 0 unspecified atom stereocenters. The predicted molar refractivity (Wildman–Crippen MR) is 112 cm³/mol. The number of nitrogens with one attached hydrogen (secondary N) is 2. The van der Waals surface area contributed by atoms with Gasteiger partial charge in [-0.3, -0.25) is 9.78 Å². The molecule has 2 aromatic heterocycles. The molecular weight excluding hydrogens is 366 g/mol. The Morgan fingerprint density at radius 2 is 1.97 bits per heavy atom. The van der Waals surface area contributed by atoms with Gasteiger partial charge in [0.25, 0.3) is 5.91 Å². The Morgan fingerprint density at radius 1 is 1.17 bits per heavy atom. The molecule has 2 N–H and O–H groups in total. The lowest BCUT2D eigenvalue weighted by Crippen LogP contribution is -2.33. The number of aromatic nitrogens is 4. The molecule has 1 amide bonds. The summed E-state index contributed by atoms with van der Waals surface area (Å²) in [5.41, 5.74) is 4.59. The topological polar surface area (TPSA) is 95.9 Å². The standard InChI is InChI=1S/C21H25N7O/c1-13-14(2)25-19(21(29)22-3)27-20(13)28-9-8-15(12-28)23-10-16-11-24-17-6-4-5-7-18(17)26-16/h4-7,11,15,23H,8-10,12H2,1-3H3,(H,22,29)/t15-/m1/s1. The van der Waals surface area contributed by atoms with E-state index in [0.29, 0.717) is 12.6 Å². The molecular formula is C21H25N7O. The highest BCUT2D eigenvalue weighted by atomic mass is 16.2. The van der Waals surface area contributed by atoms with Crippen LogP contribution >= 0.6 is 0 Å². The SMILES string of the molecule is CNC(=O)c1nc(C)c(C)c(N2CC[C@@H](NCc3cnc4ccccc4n3)C2)n1. The summed E-state index contributed by atoms with van der Waals surface area (Å²) in [4.78, 5) is 32.2. The zero-order valence-electron chi connectivity index (χ0n) is 16.9. The first-order valence-corrected chi connectivity index (χ1v) is 9.81. The van der Waals surface area contributed by atoms with Crippen molar-refractivity contribution >= 4 is 22.8 Å². The minimum absolute atomic E-state index is 0.216. The van der Waals surface area contributed by atoms with Gasteiger partial charge < -0.3 is 15.5 Å². The Labute approximate surface area is 169 Å². The molecule has 3 aromatic rings. The van der Waals surface area contributed by atoms with E-state index in [9.17, 15) is 4.79 Å². The van der Waals surface area contributed by atoms with Crippen LogP contribution in [0.2, 0.25) is 0 Å². The predicted octanol–water partition coefficient (Wildman–Crippen LogP) is 1.76. The summed E-state index contributed by atoms with van der Waals surface area (Å²) in [7, 11) is 1.59. The number of aryl methyl sites for hydroxylation is 1. The summed E-state index contributed by atoms with van der Waals surface area (Å²) >= 11 is 0. The molecule has 1 atom stereocenters. The second kappa shape index (κ2) is 8.08. The molecule has 1 fully saturated rings. The molecule has 0 spiro atoms. The molecule has 1 aliphatic rings. The highest BCUT2D eigenvalue weighted by molar-refractivity contribution is 5.90. The Morgan fingerprint density at radius 3 is 2.76 bits per heavy atom. The average molecular weight is 391 g/mol. The van der Waals surface area contributed by atoms with Gasteiger partial charge in [0.05, 0.1) is 22.9 Å². The van der Waals surface area contributed by atoms with Crippen molar-refractivity contribution in [1.29, 1.82) is 0 Å². The second-order valence-electron chi connectivity index (χ2n) is 7.32. The van der Waals surface area contributed by atoms with Crippen LogP contribution in [0.25, 0.3) is 11.0 Å². The second-order valence-corrected chi connectivity index (χ2v) is 7.32. The minimum Gasteiger partial charge on any atom is -0.355 e. The van der Waals surface area contributed by atoms with Crippen LogP contribution in [0, 0.1) is 13.8 Å². The zero-order chi connectivity index (χ0) is 20.4. The van der Waals surface area contributed by atoms with Crippen LogP contribution < -0.4 is 15.5 Å². The summed E-state index contributed by atoms with van der Waals surface area (Å²) in [6.07, 6.45) is 2.83. The summed E-state index contributed by atoms with van der Waals surface area (Å²) in [6.45, 7) is 6.29. The number of hydrogen-bond acceptors (Lipinski definition) is 7. The molecule has 150 valence electrons. The van der Waals surface area contributed by atoms with E-state index in [4.69, 9.17) is 0 Å². The molecule has 0 aliphatic carbocycles. The van der Waals surface area contributed by atoms with Gasteiger partial charge in [-0.05, 0) is 32.4 Å². The van der Waals surface area contributed by atoms with E-state index in [1.807, 2.05) is 44.3 Å². The van der Waals surface area contributed by atoms with Crippen LogP contribution in [-0.2, 0) is 6.54 Å². The summed E-state index contributed by atoms with van der Waals surface area (Å²) in [5, 5.41) is 6.18. The van der Waals surface area contributed by atoms with Gasteiger partial charge in [0.15, 0.2) is 0 Å². The van der Waals surface area contributed by atoms with Crippen molar-refractivity contribution in [3.63, 3.8) is 0 Å². The molecule has 0 radical (unpaired) electrons. The van der Waals surface area contributed by atoms with Crippen LogP contribution in [0.4, 0.5) is 5.82 Å². The van der Waals surface area contributed by atoms with E-state index in [1.54, 1.807) is 7.05 Å². The number of para-hydroxylation sites is 2. The van der Waals surface area contributed by atoms with Crippen molar-refractivity contribution in [2.24, 2.45) is 0 Å². The number of nitrogens with zero attached hydrogens (tertiary/aromatic N) is 5. The fraction of sp³-hybridized carbons (Fsp3) is 0.381. The van der Waals surface area contributed by atoms with E-state index < -0.39 is 0 Å². The highest BCUT2D eigenvalue weighted by Gasteiger charge is 2.26. The maximum atomic E-state index is 12.0. The van der Waals surface area contributed by atoms with Gasteiger partial charge in [-0.25, -0.2) is 15.0 Å². The fourth-order valence-corrected chi connectivity index (χ4v) is 3.58. The summed E-state index contributed by atoms with van der Waals surface area (Å²) < 4.78 is 0. The van der Waals surface area contributed by atoms with Crippen LogP contribution in [-0.4, -0.2) is 52.0 Å². The van der Waals surface area contributed by atoms with Crippen LogP contribution in [0.1, 0.15) is 34.0 Å². The molecule has 8 nitrogen and oxygen atoms in total. The van der Waals surface area contributed by atoms with Crippen LogP contribution in [0.15, 0.2) is 30.5 Å². The number of anilines is 1. The number of carbonyl (C=O) groups is 1.